The van der Waals surface area contributed by atoms with Crippen molar-refractivity contribution >= 4 is 28.6 Å². The topological polar surface area (TPSA) is 71.3 Å². The Hall–Kier alpha value is -1.44. The van der Waals surface area contributed by atoms with Gasteiger partial charge in [-0.1, -0.05) is 11.3 Å². The Morgan fingerprint density at radius 1 is 1.48 bits per heavy atom. The Morgan fingerprint density at radius 3 is 2.81 bits per heavy atom. The molecule has 2 rings (SSSR count). The number of nitrogens with zero attached hydrogens (tertiary/aromatic N) is 1. The van der Waals surface area contributed by atoms with Gasteiger partial charge in [0.25, 0.3) is 0 Å². The molecule has 0 aliphatic heterocycles. The lowest BCUT2D eigenvalue weighted by Gasteiger charge is -2.11. The molecule has 1 unspecified atom stereocenters. The van der Waals surface area contributed by atoms with E-state index in [0.717, 1.165) is 16.1 Å². The number of aryl methyl sites for hydroxylation is 1. The fraction of sp³-hybridized carbons (Fsp3) is 0.429. The highest BCUT2D eigenvalue weighted by atomic mass is 32.1. The minimum Gasteiger partial charge on any atom is -0.387 e. The summed E-state index contributed by atoms with van der Waals surface area (Å²) in [6.45, 7) is 4.34. The highest BCUT2D eigenvalue weighted by molar-refractivity contribution is 7.09. The summed E-state index contributed by atoms with van der Waals surface area (Å²) in [5.41, 5.74) is 1.72. The van der Waals surface area contributed by atoms with E-state index in [1.54, 1.807) is 4.57 Å². The minimum absolute atomic E-state index is 0.0314. The van der Waals surface area contributed by atoms with E-state index in [1.165, 1.54) is 22.7 Å². The number of carbonyl (C=O) groups is 1. The van der Waals surface area contributed by atoms with E-state index in [1.807, 2.05) is 30.7 Å². The van der Waals surface area contributed by atoms with Gasteiger partial charge in [-0.15, -0.1) is 0 Å². The van der Waals surface area contributed by atoms with E-state index < -0.39 is 6.10 Å². The third kappa shape index (κ3) is 4.03. The summed E-state index contributed by atoms with van der Waals surface area (Å²) in [4.78, 5) is 24.4. The Labute approximate surface area is 130 Å². The third-order valence-corrected chi connectivity index (χ3v) is 5.06. The molecule has 0 aliphatic rings. The molecule has 0 saturated carbocycles. The van der Waals surface area contributed by atoms with Crippen molar-refractivity contribution < 1.29 is 9.90 Å². The number of hydrogen-bond donors (Lipinski definition) is 2. The van der Waals surface area contributed by atoms with Crippen molar-refractivity contribution in [2.75, 3.05) is 6.54 Å². The standard InChI is InChI=1S/C14H18N2O3S2/c1-9-10(2)21-14(19)16(9)5-3-13(18)15-7-12(17)11-4-6-20-8-11/h4,6,8,12,17H,3,5,7H2,1-2H3,(H,15,18). The maximum absolute atomic E-state index is 11.8. The zero-order chi connectivity index (χ0) is 15.4. The van der Waals surface area contributed by atoms with Gasteiger partial charge in [-0.3, -0.25) is 9.59 Å². The number of aliphatic hydroxyl groups is 1. The minimum atomic E-state index is -0.687. The van der Waals surface area contributed by atoms with Gasteiger partial charge in [-0.05, 0) is 36.2 Å². The number of rotatable bonds is 6. The first kappa shape index (κ1) is 15.9. The van der Waals surface area contributed by atoms with Crippen molar-refractivity contribution in [2.24, 2.45) is 0 Å². The number of nitrogens with one attached hydrogen (secondary N) is 1. The highest BCUT2D eigenvalue weighted by Gasteiger charge is 2.12. The summed E-state index contributed by atoms with van der Waals surface area (Å²) in [5, 5.41) is 16.3. The summed E-state index contributed by atoms with van der Waals surface area (Å²) in [6, 6.07) is 1.83. The number of aliphatic hydroxyl groups excluding tert-OH is 1. The quantitative estimate of drug-likeness (QED) is 0.851. The van der Waals surface area contributed by atoms with Gasteiger partial charge in [-0.2, -0.15) is 11.3 Å². The van der Waals surface area contributed by atoms with Crippen LogP contribution in [0.4, 0.5) is 0 Å². The van der Waals surface area contributed by atoms with Gasteiger partial charge in [0.2, 0.25) is 5.91 Å². The largest absolute Gasteiger partial charge is 0.387 e. The highest BCUT2D eigenvalue weighted by Crippen LogP contribution is 2.15. The number of aromatic nitrogens is 1. The van der Waals surface area contributed by atoms with E-state index in [2.05, 4.69) is 5.32 Å². The van der Waals surface area contributed by atoms with Gasteiger partial charge in [0.1, 0.15) is 0 Å². The molecule has 2 aromatic rings. The number of thiazole rings is 1. The summed E-state index contributed by atoms with van der Waals surface area (Å²) in [6.07, 6.45) is -0.458. The molecule has 2 aromatic heterocycles. The van der Waals surface area contributed by atoms with Gasteiger partial charge in [-0.25, -0.2) is 0 Å². The van der Waals surface area contributed by atoms with Gasteiger partial charge < -0.3 is 15.0 Å². The summed E-state index contributed by atoms with van der Waals surface area (Å²) >= 11 is 2.71. The molecule has 2 N–H and O–H groups in total. The third-order valence-electron chi connectivity index (χ3n) is 3.36. The number of carbonyl (C=O) groups excluding carboxylic acids is 1. The van der Waals surface area contributed by atoms with Crippen LogP contribution in [0.25, 0.3) is 0 Å². The lowest BCUT2D eigenvalue weighted by molar-refractivity contribution is -0.121. The first-order chi connectivity index (χ1) is 9.99. The zero-order valence-corrected chi connectivity index (χ0v) is 13.6. The second-order valence-electron chi connectivity index (χ2n) is 4.79. The zero-order valence-electron chi connectivity index (χ0n) is 12.0. The monoisotopic (exact) mass is 326 g/mol. The molecule has 0 fully saturated rings. The van der Waals surface area contributed by atoms with Crippen LogP contribution in [0.1, 0.15) is 28.7 Å². The van der Waals surface area contributed by atoms with E-state index in [4.69, 9.17) is 0 Å². The average molecular weight is 326 g/mol. The van der Waals surface area contributed by atoms with Crippen LogP contribution >= 0.6 is 22.7 Å². The van der Waals surface area contributed by atoms with Gasteiger partial charge >= 0.3 is 4.87 Å². The SMILES string of the molecule is Cc1sc(=O)n(CCC(=O)NCC(O)c2ccsc2)c1C. The molecule has 1 atom stereocenters. The maximum Gasteiger partial charge on any atom is 0.307 e. The van der Waals surface area contributed by atoms with Crippen molar-refractivity contribution in [3.63, 3.8) is 0 Å². The molecule has 0 aliphatic carbocycles. The molecule has 21 heavy (non-hydrogen) atoms. The van der Waals surface area contributed by atoms with Crippen molar-refractivity contribution in [1.82, 2.24) is 9.88 Å². The van der Waals surface area contributed by atoms with Crippen LogP contribution in [0.5, 0.6) is 0 Å². The fourth-order valence-electron chi connectivity index (χ4n) is 1.94. The lowest BCUT2D eigenvalue weighted by Crippen LogP contribution is -2.30. The van der Waals surface area contributed by atoms with Crippen LogP contribution in [-0.2, 0) is 11.3 Å². The van der Waals surface area contributed by atoms with Crippen LogP contribution in [0, 0.1) is 13.8 Å². The van der Waals surface area contributed by atoms with Gasteiger partial charge in [0.05, 0.1) is 6.10 Å². The number of amides is 1. The first-order valence-electron chi connectivity index (χ1n) is 6.62. The van der Waals surface area contributed by atoms with E-state index in [0.29, 0.717) is 6.54 Å². The molecule has 1 amide bonds. The average Bonchev–Trinajstić information content (AvgIpc) is 3.05. The van der Waals surface area contributed by atoms with Crippen molar-refractivity contribution in [1.29, 1.82) is 0 Å². The first-order valence-corrected chi connectivity index (χ1v) is 8.38. The maximum atomic E-state index is 11.8. The molecule has 0 spiro atoms. The molecular formula is C14H18N2O3S2. The molecule has 114 valence electrons. The Kier molecular flexibility index (Phi) is 5.33. The number of hydrogen-bond acceptors (Lipinski definition) is 5. The van der Waals surface area contributed by atoms with Gasteiger partial charge in [0.15, 0.2) is 0 Å². The summed E-state index contributed by atoms with van der Waals surface area (Å²) in [7, 11) is 0. The van der Waals surface area contributed by atoms with E-state index >= 15 is 0 Å². The smallest absolute Gasteiger partial charge is 0.307 e. The van der Waals surface area contributed by atoms with Crippen molar-refractivity contribution in [3.8, 4) is 0 Å². The van der Waals surface area contributed by atoms with E-state index in [9.17, 15) is 14.7 Å². The van der Waals surface area contributed by atoms with Crippen LogP contribution in [-0.4, -0.2) is 22.1 Å². The van der Waals surface area contributed by atoms with Crippen LogP contribution in [0.15, 0.2) is 21.6 Å². The van der Waals surface area contributed by atoms with Crippen LogP contribution in [0.2, 0.25) is 0 Å². The van der Waals surface area contributed by atoms with Crippen LogP contribution < -0.4 is 10.2 Å². The molecule has 0 saturated heterocycles. The van der Waals surface area contributed by atoms with E-state index in [-0.39, 0.29) is 23.7 Å². The molecule has 0 bridgehead atoms. The molecule has 7 heteroatoms. The molecule has 2 heterocycles. The predicted octanol–water partition coefficient (Wildman–Crippen LogP) is 1.83. The van der Waals surface area contributed by atoms with Crippen molar-refractivity contribution in [3.05, 3.63) is 42.6 Å². The second kappa shape index (κ2) is 7.02. The second-order valence-corrected chi connectivity index (χ2v) is 6.73. The Bertz CT molecular complexity index is 658. The lowest BCUT2D eigenvalue weighted by atomic mass is 10.2. The summed E-state index contributed by atoms with van der Waals surface area (Å²) in [5.74, 6) is -0.167. The molecule has 5 nitrogen and oxygen atoms in total. The normalized spacial score (nSPS) is 12.3. The predicted molar refractivity (Wildman–Crippen MR) is 85.0 cm³/mol. The fourth-order valence-corrected chi connectivity index (χ4v) is 3.51. The molecule has 0 radical (unpaired) electrons. The van der Waals surface area contributed by atoms with Crippen molar-refractivity contribution in [2.45, 2.75) is 32.9 Å². The van der Waals surface area contributed by atoms with Gasteiger partial charge in [0, 0.05) is 30.1 Å². The molecular weight excluding hydrogens is 308 g/mol. The molecule has 0 aromatic carbocycles. The summed E-state index contributed by atoms with van der Waals surface area (Å²) < 4.78 is 1.62. The number of thiophene rings is 1. The Morgan fingerprint density at radius 2 is 2.24 bits per heavy atom. The Balaban J connectivity index is 1.81. The van der Waals surface area contributed by atoms with Crippen LogP contribution in [0.3, 0.4) is 0 Å².